The highest BCUT2D eigenvalue weighted by Crippen LogP contribution is 2.27. The van der Waals surface area contributed by atoms with Gasteiger partial charge in [0.15, 0.2) is 0 Å². The summed E-state index contributed by atoms with van der Waals surface area (Å²) in [7, 11) is 0. The summed E-state index contributed by atoms with van der Waals surface area (Å²) >= 11 is 4.97. The average molecular weight is 331 g/mol. The standard InChI is InChI=1S/C14H19BrO2S/c1-14(2,3)7-4-8-18-10-5-6-12(15)11(9-10)13(16)17/h5-6,9H,4,7-8H2,1-3H3,(H,16,17). The van der Waals surface area contributed by atoms with E-state index in [0.29, 0.717) is 15.5 Å². The van der Waals surface area contributed by atoms with E-state index < -0.39 is 5.97 Å². The van der Waals surface area contributed by atoms with Gasteiger partial charge in [0.2, 0.25) is 0 Å². The van der Waals surface area contributed by atoms with Crippen LogP contribution in [0.4, 0.5) is 0 Å². The predicted molar refractivity (Wildman–Crippen MR) is 80.5 cm³/mol. The number of carbonyl (C=O) groups is 1. The maximum atomic E-state index is 11.0. The maximum absolute atomic E-state index is 11.0. The quantitative estimate of drug-likeness (QED) is 0.605. The third-order valence-electron chi connectivity index (χ3n) is 2.51. The normalized spacial score (nSPS) is 11.6. The van der Waals surface area contributed by atoms with E-state index in [-0.39, 0.29) is 0 Å². The number of rotatable bonds is 5. The fourth-order valence-corrected chi connectivity index (χ4v) is 2.86. The van der Waals surface area contributed by atoms with Crippen LogP contribution in [0, 0.1) is 5.41 Å². The van der Waals surface area contributed by atoms with Crippen LogP contribution < -0.4 is 0 Å². The number of hydrogen-bond donors (Lipinski definition) is 1. The molecule has 2 nitrogen and oxygen atoms in total. The van der Waals surface area contributed by atoms with Gasteiger partial charge in [0.25, 0.3) is 0 Å². The Morgan fingerprint density at radius 3 is 2.61 bits per heavy atom. The second-order valence-corrected chi connectivity index (χ2v) is 7.48. The van der Waals surface area contributed by atoms with Crippen molar-refractivity contribution in [1.29, 1.82) is 0 Å². The highest BCUT2D eigenvalue weighted by atomic mass is 79.9. The molecule has 0 saturated carbocycles. The molecule has 0 radical (unpaired) electrons. The molecule has 1 aromatic carbocycles. The van der Waals surface area contributed by atoms with Crippen LogP contribution in [-0.2, 0) is 0 Å². The van der Waals surface area contributed by atoms with Gasteiger partial charge in [0.05, 0.1) is 5.56 Å². The van der Waals surface area contributed by atoms with E-state index in [4.69, 9.17) is 5.11 Å². The third-order valence-corrected chi connectivity index (χ3v) is 4.28. The molecule has 18 heavy (non-hydrogen) atoms. The van der Waals surface area contributed by atoms with Crippen LogP contribution in [0.2, 0.25) is 0 Å². The van der Waals surface area contributed by atoms with E-state index in [0.717, 1.165) is 17.1 Å². The third kappa shape index (κ3) is 5.44. The van der Waals surface area contributed by atoms with E-state index >= 15 is 0 Å². The summed E-state index contributed by atoms with van der Waals surface area (Å²) in [4.78, 5) is 12.0. The van der Waals surface area contributed by atoms with Gasteiger partial charge < -0.3 is 5.11 Å². The molecule has 1 rings (SSSR count). The average Bonchev–Trinajstić information content (AvgIpc) is 2.24. The maximum Gasteiger partial charge on any atom is 0.336 e. The summed E-state index contributed by atoms with van der Waals surface area (Å²) in [5.41, 5.74) is 0.697. The highest BCUT2D eigenvalue weighted by molar-refractivity contribution is 9.10. The molecular formula is C14H19BrO2S. The molecule has 0 aliphatic carbocycles. The molecule has 0 bridgehead atoms. The van der Waals surface area contributed by atoms with Crippen LogP contribution >= 0.6 is 27.7 Å². The molecule has 0 saturated heterocycles. The monoisotopic (exact) mass is 330 g/mol. The van der Waals surface area contributed by atoms with Gasteiger partial charge in [-0.1, -0.05) is 20.8 Å². The van der Waals surface area contributed by atoms with Crippen molar-refractivity contribution in [3.05, 3.63) is 28.2 Å². The Kier molecular flexibility index (Phi) is 5.73. The summed E-state index contributed by atoms with van der Waals surface area (Å²) in [5, 5.41) is 9.03. The van der Waals surface area contributed by atoms with Gasteiger partial charge >= 0.3 is 5.97 Å². The Morgan fingerprint density at radius 1 is 1.39 bits per heavy atom. The first-order valence-corrected chi connectivity index (χ1v) is 7.73. The number of carboxylic acids is 1. The van der Waals surface area contributed by atoms with E-state index in [1.54, 1.807) is 23.9 Å². The van der Waals surface area contributed by atoms with Crippen LogP contribution in [0.3, 0.4) is 0 Å². The minimum atomic E-state index is -0.890. The summed E-state index contributed by atoms with van der Waals surface area (Å²) in [6, 6.07) is 5.49. The van der Waals surface area contributed by atoms with Gasteiger partial charge in [-0.15, -0.1) is 11.8 Å². The first-order valence-electron chi connectivity index (χ1n) is 5.95. The van der Waals surface area contributed by atoms with E-state index in [1.165, 1.54) is 6.42 Å². The molecule has 0 atom stereocenters. The molecule has 1 aromatic rings. The minimum absolute atomic E-state index is 0.329. The zero-order valence-corrected chi connectivity index (χ0v) is 13.4. The van der Waals surface area contributed by atoms with Gasteiger partial charge in [-0.2, -0.15) is 0 Å². The highest BCUT2D eigenvalue weighted by Gasteiger charge is 2.11. The van der Waals surface area contributed by atoms with Crippen molar-refractivity contribution in [1.82, 2.24) is 0 Å². The van der Waals surface area contributed by atoms with Crippen molar-refractivity contribution in [2.24, 2.45) is 5.41 Å². The summed E-state index contributed by atoms with van der Waals surface area (Å²) in [5.74, 6) is 0.136. The number of aromatic carboxylic acids is 1. The SMILES string of the molecule is CC(C)(C)CCCSc1ccc(Br)c(C(=O)O)c1. The zero-order chi connectivity index (χ0) is 13.8. The Morgan fingerprint density at radius 2 is 2.06 bits per heavy atom. The Bertz CT molecular complexity index is 424. The van der Waals surface area contributed by atoms with Crippen molar-refractivity contribution < 1.29 is 9.90 Å². The van der Waals surface area contributed by atoms with Gasteiger partial charge in [-0.05, 0) is 58.1 Å². The smallest absolute Gasteiger partial charge is 0.336 e. The molecular weight excluding hydrogens is 312 g/mol. The lowest BCUT2D eigenvalue weighted by atomic mass is 9.91. The molecule has 0 spiro atoms. The van der Waals surface area contributed by atoms with E-state index in [2.05, 4.69) is 36.7 Å². The summed E-state index contributed by atoms with van der Waals surface area (Å²) < 4.78 is 0.633. The van der Waals surface area contributed by atoms with Crippen LogP contribution in [0.5, 0.6) is 0 Å². The molecule has 0 aliphatic rings. The van der Waals surface area contributed by atoms with Gasteiger partial charge in [0, 0.05) is 9.37 Å². The van der Waals surface area contributed by atoms with E-state index in [9.17, 15) is 4.79 Å². The fourth-order valence-electron chi connectivity index (χ4n) is 1.55. The molecule has 4 heteroatoms. The molecule has 0 fully saturated rings. The lowest BCUT2D eigenvalue weighted by Crippen LogP contribution is -2.04. The Labute approximate surface area is 121 Å². The van der Waals surface area contributed by atoms with Crippen molar-refractivity contribution in [2.45, 2.75) is 38.5 Å². The molecule has 0 aliphatic heterocycles. The summed E-state index contributed by atoms with van der Waals surface area (Å²) in [6.07, 6.45) is 2.33. The minimum Gasteiger partial charge on any atom is -0.478 e. The molecule has 0 amide bonds. The van der Waals surface area contributed by atoms with Crippen molar-refractivity contribution in [2.75, 3.05) is 5.75 Å². The summed E-state index contributed by atoms with van der Waals surface area (Å²) in [6.45, 7) is 6.71. The fraction of sp³-hybridized carbons (Fsp3) is 0.500. The first kappa shape index (κ1) is 15.6. The van der Waals surface area contributed by atoms with Gasteiger partial charge in [-0.3, -0.25) is 0 Å². The molecule has 100 valence electrons. The number of benzene rings is 1. The van der Waals surface area contributed by atoms with Crippen LogP contribution in [0.15, 0.2) is 27.6 Å². The largest absolute Gasteiger partial charge is 0.478 e. The molecule has 1 N–H and O–H groups in total. The first-order chi connectivity index (χ1) is 8.29. The molecule has 0 aromatic heterocycles. The number of carboxylic acid groups (broad SMARTS) is 1. The van der Waals surface area contributed by atoms with Crippen molar-refractivity contribution in [3.8, 4) is 0 Å². The Hall–Kier alpha value is -0.480. The molecule has 0 heterocycles. The second-order valence-electron chi connectivity index (χ2n) is 5.46. The lowest BCUT2D eigenvalue weighted by Gasteiger charge is -2.17. The van der Waals surface area contributed by atoms with Crippen LogP contribution in [0.25, 0.3) is 0 Å². The van der Waals surface area contributed by atoms with E-state index in [1.807, 2.05) is 6.07 Å². The van der Waals surface area contributed by atoms with Gasteiger partial charge in [0.1, 0.15) is 0 Å². The van der Waals surface area contributed by atoms with Crippen LogP contribution in [0.1, 0.15) is 44.0 Å². The van der Waals surface area contributed by atoms with Crippen molar-refractivity contribution >= 4 is 33.7 Å². The number of thioether (sulfide) groups is 1. The topological polar surface area (TPSA) is 37.3 Å². The van der Waals surface area contributed by atoms with Crippen LogP contribution in [-0.4, -0.2) is 16.8 Å². The van der Waals surface area contributed by atoms with Gasteiger partial charge in [-0.25, -0.2) is 4.79 Å². The predicted octanol–water partition coefficient (Wildman–Crippen LogP) is 5.07. The zero-order valence-electron chi connectivity index (χ0n) is 11.0. The van der Waals surface area contributed by atoms with Crippen molar-refractivity contribution in [3.63, 3.8) is 0 Å². The second kappa shape index (κ2) is 6.62. The Balaban J connectivity index is 2.53. The lowest BCUT2D eigenvalue weighted by molar-refractivity contribution is 0.0695. The number of hydrogen-bond acceptors (Lipinski definition) is 2. The number of halogens is 1. The molecule has 0 unspecified atom stereocenters.